The van der Waals surface area contributed by atoms with Crippen LogP contribution in [0.4, 0.5) is 28.4 Å². The van der Waals surface area contributed by atoms with Gasteiger partial charge in [-0.2, -0.15) is 5.11 Å². The number of halogens is 1. The molecule has 0 aliphatic carbocycles. The largest absolute Gasteiger partial charge is 0.505 e. The van der Waals surface area contributed by atoms with Crippen molar-refractivity contribution < 1.29 is 9.90 Å². The van der Waals surface area contributed by atoms with Gasteiger partial charge in [0.05, 0.1) is 11.3 Å². The van der Waals surface area contributed by atoms with Gasteiger partial charge in [-0.15, -0.1) is 5.11 Å². The number of anilines is 3. The number of phenols is 1. The van der Waals surface area contributed by atoms with Gasteiger partial charge >= 0.3 is 0 Å². The number of carbonyl (C=O) groups is 1. The van der Waals surface area contributed by atoms with Gasteiger partial charge in [-0.1, -0.05) is 72.3 Å². The molecule has 0 radical (unpaired) electrons. The second-order valence-corrected chi connectivity index (χ2v) is 13.3. The van der Waals surface area contributed by atoms with Crippen LogP contribution in [0.15, 0.2) is 132 Å². The summed E-state index contributed by atoms with van der Waals surface area (Å²) in [5.74, 6) is -0.696. The average molecular weight is 710 g/mol. The molecule has 0 heterocycles. The molecule has 2 N–H and O–H groups in total. The highest BCUT2D eigenvalue weighted by Crippen LogP contribution is 2.40. The van der Waals surface area contributed by atoms with E-state index in [0.717, 1.165) is 36.1 Å². The third-order valence-corrected chi connectivity index (χ3v) is 9.90. The molecular weight excluding hydrogens is 666 g/mol. The van der Waals surface area contributed by atoms with Crippen LogP contribution in [-0.2, 0) is 0 Å². The SMILES string of the molecule is CCN(C)c1ccc(C(c2ccc(/N=N/c3c(O)c(C(=O)Nc4ccc(Cl)cc4C)cc4ccccc34)cc2)c2ccc(N(CC)CC)cc2)cc1. The van der Waals surface area contributed by atoms with Gasteiger partial charge in [-0.05, 0) is 116 Å². The van der Waals surface area contributed by atoms with E-state index < -0.39 is 5.91 Å². The fourth-order valence-corrected chi connectivity index (χ4v) is 6.76. The molecule has 1 unspecified atom stereocenters. The summed E-state index contributed by atoms with van der Waals surface area (Å²) in [6.45, 7) is 11.2. The van der Waals surface area contributed by atoms with E-state index in [2.05, 4.69) is 114 Å². The second-order valence-electron chi connectivity index (χ2n) is 12.8. The second kappa shape index (κ2) is 16.1. The third kappa shape index (κ3) is 7.80. The zero-order chi connectivity index (χ0) is 36.8. The van der Waals surface area contributed by atoms with Crippen molar-refractivity contribution in [2.24, 2.45) is 10.2 Å². The Morgan fingerprint density at radius 2 is 1.35 bits per heavy atom. The Bertz CT molecular complexity index is 2200. The molecule has 7 nitrogen and oxygen atoms in total. The maximum absolute atomic E-state index is 13.4. The van der Waals surface area contributed by atoms with E-state index in [1.807, 2.05) is 43.3 Å². The third-order valence-electron chi connectivity index (χ3n) is 9.66. The van der Waals surface area contributed by atoms with Crippen LogP contribution in [0, 0.1) is 6.92 Å². The quantitative estimate of drug-likeness (QED) is 0.0979. The molecule has 0 fully saturated rings. The zero-order valence-corrected chi connectivity index (χ0v) is 31.0. The number of hydrogen-bond donors (Lipinski definition) is 2. The minimum Gasteiger partial charge on any atom is -0.505 e. The standard InChI is InChI=1S/C44H44ClN5O2/c1-6-49(5)36-22-15-31(16-23-36)41(32-17-24-37(25-18-32)50(7-2)8-3)30-13-20-35(21-14-30)47-48-42-38-12-10-9-11-33(38)28-39(43(42)51)44(52)46-40-26-19-34(45)27-29(40)4/h9-28,41,51H,6-8H2,1-5H3,(H,46,52)/b48-47+. The van der Waals surface area contributed by atoms with Crippen molar-refractivity contribution >= 4 is 56.7 Å². The number of carbonyl (C=O) groups excluding carboxylic acids is 1. The smallest absolute Gasteiger partial charge is 0.259 e. The molecule has 0 saturated heterocycles. The Balaban J connectivity index is 1.33. The summed E-state index contributed by atoms with van der Waals surface area (Å²) in [4.78, 5) is 18.0. The zero-order valence-electron chi connectivity index (χ0n) is 30.3. The van der Waals surface area contributed by atoms with Crippen LogP contribution in [0.1, 0.15) is 59.3 Å². The van der Waals surface area contributed by atoms with Crippen molar-refractivity contribution in [3.63, 3.8) is 0 Å². The number of aryl methyl sites for hydroxylation is 1. The summed E-state index contributed by atoms with van der Waals surface area (Å²) in [7, 11) is 2.10. The van der Waals surface area contributed by atoms with E-state index in [1.54, 1.807) is 24.3 Å². The number of fused-ring (bicyclic) bond motifs is 1. The van der Waals surface area contributed by atoms with Crippen LogP contribution < -0.4 is 15.1 Å². The van der Waals surface area contributed by atoms with Crippen molar-refractivity contribution in [3.8, 4) is 5.75 Å². The van der Waals surface area contributed by atoms with Gasteiger partial charge in [0.15, 0.2) is 5.75 Å². The van der Waals surface area contributed by atoms with Crippen molar-refractivity contribution in [3.05, 3.63) is 154 Å². The van der Waals surface area contributed by atoms with Crippen molar-refractivity contribution in [2.75, 3.05) is 41.8 Å². The number of nitrogens with zero attached hydrogens (tertiary/aromatic N) is 4. The molecule has 6 aromatic carbocycles. The predicted molar refractivity (Wildman–Crippen MR) is 217 cm³/mol. The fraction of sp³-hybridized carbons (Fsp3) is 0.205. The van der Waals surface area contributed by atoms with Gasteiger partial charge in [0.1, 0.15) is 5.69 Å². The van der Waals surface area contributed by atoms with Crippen molar-refractivity contribution in [1.29, 1.82) is 0 Å². The molecule has 0 spiro atoms. The Labute approximate surface area is 311 Å². The summed E-state index contributed by atoms with van der Waals surface area (Å²) in [6.07, 6.45) is 0. The minimum atomic E-state index is -0.458. The summed E-state index contributed by atoms with van der Waals surface area (Å²) in [6, 6.07) is 40.1. The number of phenolic OH excluding ortho intramolecular Hbond substituents is 1. The number of amides is 1. The summed E-state index contributed by atoms with van der Waals surface area (Å²) in [5, 5.41) is 25.4. The first-order chi connectivity index (χ1) is 25.2. The first kappa shape index (κ1) is 36.1. The molecule has 0 aliphatic heterocycles. The Morgan fingerprint density at radius 3 is 1.94 bits per heavy atom. The van der Waals surface area contributed by atoms with Crippen LogP contribution in [0.25, 0.3) is 10.8 Å². The van der Waals surface area contributed by atoms with Crippen LogP contribution in [0.5, 0.6) is 5.75 Å². The molecule has 0 saturated carbocycles. The van der Waals surface area contributed by atoms with Gasteiger partial charge in [-0.3, -0.25) is 4.79 Å². The summed E-state index contributed by atoms with van der Waals surface area (Å²) in [5.41, 5.74) is 8.25. The fourth-order valence-electron chi connectivity index (χ4n) is 6.54. The molecule has 0 aromatic heterocycles. The van der Waals surface area contributed by atoms with E-state index in [-0.39, 0.29) is 22.9 Å². The number of rotatable bonds is 12. The predicted octanol–water partition coefficient (Wildman–Crippen LogP) is 11.7. The molecular formula is C44H44ClN5O2. The average Bonchev–Trinajstić information content (AvgIpc) is 3.17. The van der Waals surface area contributed by atoms with Crippen molar-refractivity contribution in [1.82, 2.24) is 0 Å². The molecule has 8 heteroatoms. The molecule has 6 rings (SSSR count). The molecule has 264 valence electrons. The van der Waals surface area contributed by atoms with Crippen LogP contribution in [-0.4, -0.2) is 37.7 Å². The van der Waals surface area contributed by atoms with Gasteiger partial charge in [0.25, 0.3) is 5.91 Å². The maximum atomic E-state index is 13.4. The highest BCUT2D eigenvalue weighted by Gasteiger charge is 2.20. The van der Waals surface area contributed by atoms with Crippen LogP contribution in [0.2, 0.25) is 5.02 Å². The molecule has 52 heavy (non-hydrogen) atoms. The van der Waals surface area contributed by atoms with Gasteiger partial charge in [0, 0.05) is 60.1 Å². The van der Waals surface area contributed by atoms with Crippen LogP contribution >= 0.6 is 11.6 Å². The molecule has 1 amide bonds. The highest BCUT2D eigenvalue weighted by molar-refractivity contribution is 6.30. The number of aromatic hydroxyl groups is 1. The monoisotopic (exact) mass is 709 g/mol. The summed E-state index contributed by atoms with van der Waals surface area (Å²) < 4.78 is 0. The molecule has 0 aliphatic rings. The van der Waals surface area contributed by atoms with E-state index in [0.29, 0.717) is 21.8 Å². The number of nitrogens with one attached hydrogen (secondary N) is 1. The van der Waals surface area contributed by atoms with Gasteiger partial charge in [-0.25, -0.2) is 0 Å². The first-order valence-corrected chi connectivity index (χ1v) is 18.1. The maximum Gasteiger partial charge on any atom is 0.259 e. The Kier molecular flexibility index (Phi) is 11.2. The molecule has 6 aromatic rings. The topological polar surface area (TPSA) is 80.5 Å². The van der Waals surface area contributed by atoms with E-state index in [4.69, 9.17) is 11.6 Å². The lowest BCUT2D eigenvalue weighted by Crippen LogP contribution is -2.21. The normalized spacial score (nSPS) is 11.9. The summed E-state index contributed by atoms with van der Waals surface area (Å²) >= 11 is 6.11. The van der Waals surface area contributed by atoms with E-state index in [1.165, 1.54) is 22.5 Å². The lowest BCUT2D eigenvalue weighted by atomic mass is 9.85. The Hall–Kier alpha value is -5.66. The van der Waals surface area contributed by atoms with E-state index >= 15 is 0 Å². The first-order valence-electron chi connectivity index (χ1n) is 17.7. The minimum absolute atomic E-state index is 0.00480. The molecule has 1 atom stereocenters. The van der Waals surface area contributed by atoms with E-state index in [9.17, 15) is 9.90 Å². The van der Waals surface area contributed by atoms with Gasteiger partial charge < -0.3 is 20.2 Å². The number of benzene rings is 6. The highest BCUT2D eigenvalue weighted by atomic mass is 35.5. The molecule has 0 bridgehead atoms. The lowest BCUT2D eigenvalue weighted by Gasteiger charge is -2.24. The van der Waals surface area contributed by atoms with Crippen molar-refractivity contribution in [2.45, 2.75) is 33.6 Å². The lowest BCUT2D eigenvalue weighted by molar-refractivity contribution is 0.102. The van der Waals surface area contributed by atoms with Crippen LogP contribution in [0.3, 0.4) is 0 Å². The number of azo groups is 1. The number of hydrogen-bond acceptors (Lipinski definition) is 6. The van der Waals surface area contributed by atoms with Gasteiger partial charge in [0.2, 0.25) is 0 Å². The Morgan fingerprint density at radius 1 is 0.750 bits per heavy atom.